The zero-order valence-electron chi connectivity index (χ0n) is 15.6. The molecule has 136 valence electrons. The lowest BCUT2D eigenvalue weighted by Crippen LogP contribution is -2.39. The molecule has 0 saturated heterocycles. The molecule has 0 spiro atoms. The van der Waals surface area contributed by atoms with E-state index in [1.54, 1.807) is 14.2 Å². The van der Waals surface area contributed by atoms with E-state index in [1.165, 1.54) is 11.1 Å². The Bertz CT molecular complexity index is 739. The molecule has 1 N–H and O–H groups in total. The number of aromatic nitrogens is 1. The Kier molecular flexibility index (Phi) is 6.76. The lowest BCUT2D eigenvalue weighted by molar-refractivity contribution is 0.409. The van der Waals surface area contributed by atoms with Crippen molar-refractivity contribution < 1.29 is 4.74 Å². The smallest absolute Gasteiger partial charge is 0.193 e. The van der Waals surface area contributed by atoms with E-state index in [9.17, 15) is 0 Å². The number of hydrogen-bond donors (Lipinski definition) is 1. The van der Waals surface area contributed by atoms with Gasteiger partial charge in [-0.15, -0.1) is 0 Å². The van der Waals surface area contributed by atoms with E-state index < -0.39 is 0 Å². The maximum atomic E-state index is 6.06. The Morgan fingerprint density at radius 3 is 2.72 bits per heavy atom. The van der Waals surface area contributed by atoms with Gasteiger partial charge >= 0.3 is 0 Å². The first-order chi connectivity index (χ1) is 11.9. The Balaban J connectivity index is 1.94. The van der Waals surface area contributed by atoms with Crippen LogP contribution in [0.1, 0.15) is 16.8 Å². The van der Waals surface area contributed by atoms with Gasteiger partial charge in [-0.05, 0) is 31.0 Å². The number of nitrogens with one attached hydrogen (secondary N) is 1. The average Bonchev–Trinajstić information content (AvgIpc) is 2.89. The zero-order valence-corrected chi connectivity index (χ0v) is 16.4. The van der Waals surface area contributed by atoms with Crippen molar-refractivity contribution in [3.05, 3.63) is 52.3 Å². The topological polar surface area (TPSA) is 41.8 Å². The van der Waals surface area contributed by atoms with E-state index in [-0.39, 0.29) is 0 Å². The molecule has 1 aromatic heterocycles. The first-order valence-electron chi connectivity index (χ1n) is 8.30. The van der Waals surface area contributed by atoms with E-state index in [0.29, 0.717) is 0 Å². The summed E-state index contributed by atoms with van der Waals surface area (Å²) < 4.78 is 7.47. The third-order valence-corrected chi connectivity index (χ3v) is 4.37. The molecule has 1 aromatic carbocycles. The standard InChI is InChI=1S/C19H27ClN4O/c1-14-6-7-18(25-5)15(10-14)8-9-22-19(21-2)24(4)13-17-11-16(20)12-23(17)3/h6-7,10-12H,8-9,13H2,1-5H3,(H,21,22). The molecule has 0 aliphatic heterocycles. The van der Waals surface area contributed by atoms with Crippen molar-refractivity contribution >= 4 is 17.6 Å². The number of halogens is 1. The van der Waals surface area contributed by atoms with Crippen molar-refractivity contribution in [2.24, 2.45) is 12.0 Å². The van der Waals surface area contributed by atoms with Gasteiger partial charge in [0.05, 0.1) is 18.7 Å². The van der Waals surface area contributed by atoms with Gasteiger partial charge in [0.15, 0.2) is 5.96 Å². The van der Waals surface area contributed by atoms with Gasteiger partial charge in [-0.1, -0.05) is 29.3 Å². The molecule has 5 nitrogen and oxygen atoms in total. The second kappa shape index (κ2) is 8.81. The van der Waals surface area contributed by atoms with E-state index in [2.05, 4.69) is 34.3 Å². The highest BCUT2D eigenvalue weighted by Gasteiger charge is 2.10. The maximum Gasteiger partial charge on any atom is 0.193 e. The molecule has 2 rings (SSSR count). The van der Waals surface area contributed by atoms with Crippen LogP contribution in [0.4, 0.5) is 0 Å². The Morgan fingerprint density at radius 1 is 1.36 bits per heavy atom. The Morgan fingerprint density at radius 2 is 2.12 bits per heavy atom. The summed E-state index contributed by atoms with van der Waals surface area (Å²) in [5.74, 6) is 1.78. The first-order valence-corrected chi connectivity index (χ1v) is 8.68. The molecule has 0 bridgehead atoms. The summed E-state index contributed by atoms with van der Waals surface area (Å²) in [7, 11) is 7.52. The van der Waals surface area contributed by atoms with E-state index in [0.717, 1.165) is 41.9 Å². The minimum absolute atomic E-state index is 0.733. The van der Waals surface area contributed by atoms with Crippen molar-refractivity contribution in [1.82, 2.24) is 14.8 Å². The molecule has 0 fully saturated rings. The van der Waals surface area contributed by atoms with E-state index in [4.69, 9.17) is 16.3 Å². The number of nitrogens with zero attached hydrogens (tertiary/aromatic N) is 3. The number of benzene rings is 1. The fraction of sp³-hybridized carbons (Fsp3) is 0.421. The quantitative estimate of drug-likeness (QED) is 0.633. The summed E-state index contributed by atoms with van der Waals surface area (Å²) in [5, 5.41) is 4.16. The summed E-state index contributed by atoms with van der Waals surface area (Å²) in [6.07, 6.45) is 2.78. The predicted molar refractivity (Wildman–Crippen MR) is 105 cm³/mol. The minimum Gasteiger partial charge on any atom is -0.496 e. The Hall–Kier alpha value is -2.14. The molecule has 6 heteroatoms. The highest BCUT2D eigenvalue weighted by molar-refractivity contribution is 6.30. The molecule has 0 aliphatic rings. The van der Waals surface area contributed by atoms with Crippen molar-refractivity contribution in [3.8, 4) is 5.75 Å². The van der Waals surface area contributed by atoms with Crippen molar-refractivity contribution in [2.45, 2.75) is 19.9 Å². The van der Waals surface area contributed by atoms with Gasteiger partial charge in [0.1, 0.15) is 5.75 Å². The van der Waals surface area contributed by atoms with Crippen LogP contribution in [0.5, 0.6) is 5.75 Å². The molecule has 2 aromatic rings. The SMILES string of the molecule is CN=C(NCCc1cc(C)ccc1OC)N(C)Cc1cc(Cl)cn1C. The molecule has 0 aliphatic carbocycles. The summed E-state index contributed by atoms with van der Waals surface area (Å²) in [6.45, 7) is 3.61. The number of aryl methyl sites for hydroxylation is 2. The predicted octanol–water partition coefficient (Wildman–Crippen LogP) is 3.25. The van der Waals surface area contributed by atoms with Crippen molar-refractivity contribution in [1.29, 1.82) is 0 Å². The molecule has 0 radical (unpaired) electrons. The minimum atomic E-state index is 0.733. The van der Waals surface area contributed by atoms with Gasteiger partial charge in [0.2, 0.25) is 0 Å². The number of guanidine groups is 1. The maximum absolute atomic E-state index is 6.06. The largest absolute Gasteiger partial charge is 0.496 e. The zero-order chi connectivity index (χ0) is 18.4. The van der Waals surface area contributed by atoms with Gasteiger partial charge < -0.3 is 19.5 Å². The van der Waals surface area contributed by atoms with E-state index in [1.807, 2.05) is 37.0 Å². The van der Waals surface area contributed by atoms with Gasteiger partial charge in [-0.2, -0.15) is 0 Å². The third kappa shape index (κ3) is 5.16. The van der Waals surface area contributed by atoms with Gasteiger partial charge in [-0.3, -0.25) is 4.99 Å². The van der Waals surface area contributed by atoms with Crippen LogP contribution in [-0.4, -0.2) is 43.2 Å². The summed E-state index contributed by atoms with van der Waals surface area (Å²) in [6, 6.07) is 8.22. The number of ether oxygens (including phenoxy) is 1. The number of methoxy groups -OCH3 is 1. The summed E-state index contributed by atoms with van der Waals surface area (Å²) in [4.78, 5) is 6.45. The molecule has 1 heterocycles. The molecule has 0 saturated carbocycles. The molecule has 0 amide bonds. The fourth-order valence-corrected chi connectivity index (χ4v) is 3.11. The molecule has 25 heavy (non-hydrogen) atoms. The number of rotatable bonds is 6. The van der Waals surface area contributed by atoms with Crippen LogP contribution in [0.2, 0.25) is 5.02 Å². The fourth-order valence-electron chi connectivity index (χ4n) is 2.84. The second-order valence-electron chi connectivity index (χ2n) is 6.16. The van der Waals surface area contributed by atoms with Gasteiger partial charge in [-0.25, -0.2) is 0 Å². The van der Waals surface area contributed by atoms with Crippen LogP contribution < -0.4 is 10.1 Å². The first kappa shape index (κ1) is 19.2. The van der Waals surface area contributed by atoms with Crippen LogP contribution in [0.3, 0.4) is 0 Å². The Labute approximate surface area is 155 Å². The van der Waals surface area contributed by atoms with Crippen LogP contribution in [0, 0.1) is 6.92 Å². The van der Waals surface area contributed by atoms with Crippen molar-refractivity contribution in [2.75, 3.05) is 27.7 Å². The summed E-state index contributed by atoms with van der Waals surface area (Å²) >= 11 is 6.06. The lowest BCUT2D eigenvalue weighted by atomic mass is 10.1. The monoisotopic (exact) mass is 362 g/mol. The highest BCUT2D eigenvalue weighted by Crippen LogP contribution is 2.20. The normalized spacial score (nSPS) is 11.5. The number of aliphatic imine (C=N–C) groups is 1. The number of hydrogen-bond acceptors (Lipinski definition) is 2. The van der Waals surface area contributed by atoms with Crippen LogP contribution in [0.25, 0.3) is 0 Å². The van der Waals surface area contributed by atoms with Crippen LogP contribution in [0.15, 0.2) is 35.5 Å². The van der Waals surface area contributed by atoms with Gasteiger partial charge in [0, 0.05) is 39.6 Å². The third-order valence-electron chi connectivity index (χ3n) is 4.16. The van der Waals surface area contributed by atoms with Crippen molar-refractivity contribution in [3.63, 3.8) is 0 Å². The van der Waals surface area contributed by atoms with Gasteiger partial charge in [0.25, 0.3) is 0 Å². The molecule has 0 unspecified atom stereocenters. The molecular formula is C19H27ClN4O. The summed E-state index contributed by atoms with van der Waals surface area (Å²) in [5.41, 5.74) is 3.57. The average molecular weight is 363 g/mol. The highest BCUT2D eigenvalue weighted by atomic mass is 35.5. The van der Waals surface area contributed by atoms with Crippen LogP contribution >= 0.6 is 11.6 Å². The molecule has 0 atom stereocenters. The second-order valence-corrected chi connectivity index (χ2v) is 6.59. The lowest BCUT2D eigenvalue weighted by Gasteiger charge is -2.22. The van der Waals surface area contributed by atoms with Crippen LogP contribution in [-0.2, 0) is 20.0 Å². The molecular weight excluding hydrogens is 336 g/mol. The van der Waals surface area contributed by atoms with E-state index >= 15 is 0 Å².